The molecule has 2 heterocycles. The van der Waals surface area contributed by atoms with E-state index in [1.165, 1.54) is 5.56 Å². The molecule has 1 unspecified atom stereocenters. The highest BCUT2D eigenvalue weighted by Crippen LogP contribution is 2.40. The number of carbonyl (C=O) groups is 1. The number of nitrogens with one attached hydrogen (secondary N) is 2. The molecule has 8 heteroatoms. The molecule has 4 rings (SSSR count). The summed E-state index contributed by atoms with van der Waals surface area (Å²) < 4.78 is 22.2. The SMILES string of the molecule is COc1cc2c(cc1OC)C(=CC(C)Nc1ccc(CN3CC[S+]([O-])CC3)cc1)C(=O)N2. The van der Waals surface area contributed by atoms with Crippen LogP contribution in [0.5, 0.6) is 11.5 Å². The number of carbonyl (C=O) groups excluding carboxylic acids is 1. The van der Waals surface area contributed by atoms with Crippen molar-refractivity contribution >= 4 is 34.0 Å². The van der Waals surface area contributed by atoms with Gasteiger partial charge in [0.2, 0.25) is 0 Å². The molecule has 7 nitrogen and oxygen atoms in total. The van der Waals surface area contributed by atoms with Crippen molar-refractivity contribution in [3.63, 3.8) is 0 Å². The van der Waals surface area contributed by atoms with E-state index in [2.05, 4.69) is 39.8 Å². The zero-order valence-electron chi connectivity index (χ0n) is 18.6. The van der Waals surface area contributed by atoms with Gasteiger partial charge in [-0.3, -0.25) is 9.69 Å². The maximum absolute atomic E-state index is 12.6. The molecule has 1 amide bonds. The molecule has 2 aromatic rings. The Labute approximate surface area is 192 Å². The minimum absolute atomic E-state index is 0.0577. The molecule has 170 valence electrons. The number of ether oxygens (including phenoxy) is 2. The van der Waals surface area contributed by atoms with Gasteiger partial charge in [-0.15, -0.1) is 0 Å². The fourth-order valence-corrected chi connectivity index (χ4v) is 5.16. The van der Waals surface area contributed by atoms with Gasteiger partial charge >= 0.3 is 0 Å². The predicted molar refractivity (Wildman–Crippen MR) is 129 cm³/mol. The quantitative estimate of drug-likeness (QED) is 0.493. The van der Waals surface area contributed by atoms with E-state index in [-0.39, 0.29) is 11.9 Å². The van der Waals surface area contributed by atoms with Crippen molar-refractivity contribution in [2.45, 2.75) is 19.5 Å². The Morgan fingerprint density at radius 1 is 1.16 bits per heavy atom. The van der Waals surface area contributed by atoms with Crippen molar-refractivity contribution in [3.05, 3.63) is 53.6 Å². The third-order valence-corrected chi connectivity index (χ3v) is 7.02. The van der Waals surface area contributed by atoms with Crippen LogP contribution in [-0.4, -0.2) is 60.2 Å². The molecule has 2 aliphatic heterocycles. The highest BCUT2D eigenvalue weighted by atomic mass is 32.2. The van der Waals surface area contributed by atoms with Crippen LogP contribution in [0.3, 0.4) is 0 Å². The van der Waals surface area contributed by atoms with E-state index in [9.17, 15) is 9.35 Å². The molecule has 2 N–H and O–H groups in total. The minimum Gasteiger partial charge on any atom is -0.616 e. The van der Waals surface area contributed by atoms with Crippen LogP contribution in [-0.2, 0) is 22.5 Å². The number of benzene rings is 2. The summed E-state index contributed by atoms with van der Waals surface area (Å²) in [4.78, 5) is 14.9. The first-order chi connectivity index (χ1) is 15.5. The summed E-state index contributed by atoms with van der Waals surface area (Å²) in [5.74, 6) is 2.56. The summed E-state index contributed by atoms with van der Waals surface area (Å²) in [7, 11) is 3.15. The second kappa shape index (κ2) is 9.85. The third-order valence-electron chi connectivity index (χ3n) is 5.75. The van der Waals surface area contributed by atoms with Crippen molar-refractivity contribution in [2.75, 3.05) is 49.4 Å². The average molecular weight is 456 g/mol. The molecule has 0 aliphatic carbocycles. The van der Waals surface area contributed by atoms with Gasteiger partial charge in [-0.2, -0.15) is 0 Å². The molecule has 2 aliphatic rings. The molecule has 0 bridgehead atoms. The Balaban J connectivity index is 1.42. The van der Waals surface area contributed by atoms with Crippen molar-refractivity contribution in [1.29, 1.82) is 0 Å². The zero-order chi connectivity index (χ0) is 22.7. The van der Waals surface area contributed by atoms with E-state index in [1.54, 1.807) is 20.3 Å². The van der Waals surface area contributed by atoms with Crippen LogP contribution in [0.2, 0.25) is 0 Å². The molecule has 2 aromatic carbocycles. The first-order valence-electron chi connectivity index (χ1n) is 10.7. The second-order valence-corrected chi connectivity index (χ2v) is 9.74. The molecule has 0 aromatic heterocycles. The maximum atomic E-state index is 12.6. The topological polar surface area (TPSA) is 85.9 Å². The van der Waals surface area contributed by atoms with E-state index in [1.807, 2.05) is 19.1 Å². The summed E-state index contributed by atoms with van der Waals surface area (Å²) in [6, 6.07) is 11.9. The van der Waals surface area contributed by atoms with E-state index in [0.717, 1.165) is 48.1 Å². The number of methoxy groups -OCH3 is 2. The Kier molecular flexibility index (Phi) is 6.93. The largest absolute Gasteiger partial charge is 0.616 e. The Morgan fingerprint density at radius 2 is 1.81 bits per heavy atom. The van der Waals surface area contributed by atoms with Crippen LogP contribution in [0.1, 0.15) is 18.1 Å². The van der Waals surface area contributed by atoms with Crippen LogP contribution in [0.25, 0.3) is 5.57 Å². The molecule has 1 fully saturated rings. The van der Waals surface area contributed by atoms with Crippen molar-refractivity contribution in [3.8, 4) is 11.5 Å². The van der Waals surface area contributed by atoms with Crippen molar-refractivity contribution in [2.24, 2.45) is 0 Å². The lowest BCUT2D eigenvalue weighted by Gasteiger charge is -2.28. The molecule has 0 spiro atoms. The number of amides is 1. The van der Waals surface area contributed by atoms with E-state index < -0.39 is 11.2 Å². The number of fused-ring (bicyclic) bond motifs is 1. The number of nitrogens with zero attached hydrogens (tertiary/aromatic N) is 1. The number of hydrogen-bond acceptors (Lipinski definition) is 6. The number of hydrogen-bond donors (Lipinski definition) is 2. The molecule has 0 saturated carbocycles. The Bertz CT molecular complexity index is 1000. The van der Waals surface area contributed by atoms with Crippen LogP contribution in [0.15, 0.2) is 42.5 Å². The summed E-state index contributed by atoms with van der Waals surface area (Å²) in [5.41, 5.74) is 4.36. The van der Waals surface area contributed by atoms with Gasteiger partial charge in [-0.1, -0.05) is 23.3 Å². The summed E-state index contributed by atoms with van der Waals surface area (Å²) in [5, 5.41) is 6.34. The summed E-state index contributed by atoms with van der Waals surface area (Å²) >= 11 is -0.651. The van der Waals surface area contributed by atoms with Crippen molar-refractivity contribution in [1.82, 2.24) is 4.90 Å². The standard InChI is InChI=1S/C24H29N3O4S/c1-16(12-20-19-13-22(30-2)23(31-3)14-21(19)26-24(20)28)25-18-6-4-17(5-7-18)15-27-8-10-32(29)11-9-27/h4-7,12-14,16,25H,8-11,15H2,1-3H3,(H,26,28). The molecular formula is C24H29N3O4S. The first-order valence-corrected chi connectivity index (χ1v) is 12.2. The third kappa shape index (κ3) is 5.03. The van der Waals surface area contributed by atoms with Gasteiger partial charge in [0.25, 0.3) is 5.91 Å². The lowest BCUT2D eigenvalue weighted by Crippen LogP contribution is -2.39. The van der Waals surface area contributed by atoms with Gasteiger partial charge in [-0.25, -0.2) is 0 Å². The maximum Gasteiger partial charge on any atom is 0.256 e. The van der Waals surface area contributed by atoms with Gasteiger partial charge in [0.15, 0.2) is 11.5 Å². The molecule has 32 heavy (non-hydrogen) atoms. The van der Waals surface area contributed by atoms with Crippen LogP contribution >= 0.6 is 0 Å². The lowest BCUT2D eigenvalue weighted by molar-refractivity contribution is -0.110. The van der Waals surface area contributed by atoms with E-state index in [4.69, 9.17) is 9.47 Å². The van der Waals surface area contributed by atoms with Gasteiger partial charge in [-0.05, 0) is 36.8 Å². The molecule has 1 saturated heterocycles. The highest BCUT2D eigenvalue weighted by Gasteiger charge is 2.27. The monoisotopic (exact) mass is 455 g/mol. The summed E-state index contributed by atoms with van der Waals surface area (Å²) in [6.07, 6.45) is 1.93. The van der Waals surface area contributed by atoms with Gasteiger partial charge in [0.05, 0.1) is 19.9 Å². The van der Waals surface area contributed by atoms with Crippen LogP contribution < -0.4 is 20.1 Å². The number of rotatable bonds is 7. The zero-order valence-corrected chi connectivity index (χ0v) is 19.5. The van der Waals surface area contributed by atoms with Crippen LogP contribution in [0.4, 0.5) is 11.4 Å². The van der Waals surface area contributed by atoms with Crippen LogP contribution in [0, 0.1) is 0 Å². The Morgan fingerprint density at radius 3 is 2.47 bits per heavy atom. The number of anilines is 2. The highest BCUT2D eigenvalue weighted by molar-refractivity contribution is 7.91. The molecule has 0 radical (unpaired) electrons. The molecule has 1 atom stereocenters. The van der Waals surface area contributed by atoms with E-state index in [0.29, 0.717) is 17.1 Å². The predicted octanol–water partition coefficient (Wildman–Crippen LogP) is 3.10. The fourth-order valence-electron chi connectivity index (χ4n) is 4.04. The van der Waals surface area contributed by atoms with Gasteiger partial charge < -0.3 is 24.7 Å². The fraction of sp³-hybridized carbons (Fsp3) is 0.375. The Hall–Kier alpha value is -2.68. The van der Waals surface area contributed by atoms with Crippen molar-refractivity contribution < 1.29 is 18.8 Å². The average Bonchev–Trinajstić information content (AvgIpc) is 3.09. The first kappa shape index (κ1) is 22.5. The second-order valence-electron chi connectivity index (χ2n) is 8.04. The van der Waals surface area contributed by atoms with Gasteiger partial charge in [0.1, 0.15) is 11.5 Å². The smallest absolute Gasteiger partial charge is 0.256 e. The lowest BCUT2D eigenvalue weighted by atomic mass is 10.0. The summed E-state index contributed by atoms with van der Waals surface area (Å²) in [6.45, 7) is 4.66. The minimum atomic E-state index is -0.651. The van der Waals surface area contributed by atoms with Gasteiger partial charge in [0, 0.05) is 48.6 Å². The van der Waals surface area contributed by atoms with E-state index >= 15 is 0 Å². The molecular weight excluding hydrogens is 426 g/mol. The normalized spacial score (nSPS) is 18.9.